The molecular weight excluding hydrogens is 475 g/mol. The van der Waals surface area contributed by atoms with E-state index in [1.54, 1.807) is 24.3 Å². The van der Waals surface area contributed by atoms with E-state index in [-0.39, 0.29) is 17.5 Å². The van der Waals surface area contributed by atoms with Crippen molar-refractivity contribution in [1.82, 2.24) is 4.31 Å². The third kappa shape index (κ3) is 5.86. The van der Waals surface area contributed by atoms with E-state index in [1.165, 1.54) is 30.7 Å². The van der Waals surface area contributed by atoms with Gasteiger partial charge in [-0.15, -0.1) is 0 Å². The summed E-state index contributed by atoms with van der Waals surface area (Å²) >= 11 is 12.0. The molecule has 1 amide bonds. The summed E-state index contributed by atoms with van der Waals surface area (Å²) in [5, 5.41) is 3.44. The number of amides is 1. The van der Waals surface area contributed by atoms with E-state index in [9.17, 15) is 13.2 Å². The first-order valence-electron chi connectivity index (χ1n) is 10.2. The van der Waals surface area contributed by atoms with E-state index in [0.717, 1.165) is 19.3 Å². The minimum Gasteiger partial charge on any atom is -0.493 e. The first-order chi connectivity index (χ1) is 15.2. The number of sulfonamides is 1. The number of hydrogen-bond donors (Lipinski definition) is 1. The first-order valence-corrected chi connectivity index (χ1v) is 12.4. The standard InChI is InChI=1S/C22H26Cl2N2O5S/c1-30-20-9-8-19(13-21(20)31-2)32(28,29)26(18-6-4-3-5-7-18)14-22(27)25-17-11-15(23)10-16(24)12-17/h8-13,18H,3-7,14H2,1-2H3,(H,25,27). The molecule has 0 atom stereocenters. The number of ether oxygens (including phenoxy) is 2. The molecule has 2 aromatic carbocycles. The number of benzene rings is 2. The van der Waals surface area contributed by atoms with E-state index >= 15 is 0 Å². The Kier molecular flexibility index (Phi) is 8.27. The van der Waals surface area contributed by atoms with Gasteiger partial charge in [0.15, 0.2) is 11.5 Å². The molecule has 0 spiro atoms. The quantitative estimate of drug-likeness (QED) is 0.552. The lowest BCUT2D eigenvalue weighted by atomic mass is 9.95. The van der Waals surface area contributed by atoms with E-state index in [1.807, 2.05) is 0 Å². The summed E-state index contributed by atoms with van der Waals surface area (Å²) in [5.41, 5.74) is 0.402. The van der Waals surface area contributed by atoms with Gasteiger partial charge in [-0.25, -0.2) is 8.42 Å². The van der Waals surface area contributed by atoms with Crippen LogP contribution in [0, 0.1) is 0 Å². The van der Waals surface area contributed by atoms with Gasteiger partial charge in [-0.05, 0) is 43.2 Å². The van der Waals surface area contributed by atoms with Crippen LogP contribution in [0.15, 0.2) is 41.3 Å². The summed E-state index contributed by atoms with van der Waals surface area (Å²) in [5.74, 6) is 0.249. The zero-order valence-electron chi connectivity index (χ0n) is 17.9. The molecule has 0 aliphatic heterocycles. The van der Waals surface area contributed by atoms with Crippen LogP contribution in [0.2, 0.25) is 10.0 Å². The number of nitrogens with one attached hydrogen (secondary N) is 1. The molecule has 7 nitrogen and oxygen atoms in total. The Labute approximate surface area is 198 Å². The molecule has 10 heteroatoms. The van der Waals surface area contributed by atoms with Crippen LogP contribution in [-0.2, 0) is 14.8 Å². The number of carbonyl (C=O) groups excluding carboxylic acids is 1. The van der Waals surface area contributed by atoms with E-state index < -0.39 is 15.9 Å². The molecule has 1 aliphatic rings. The highest BCUT2D eigenvalue weighted by Gasteiger charge is 2.34. The van der Waals surface area contributed by atoms with E-state index in [0.29, 0.717) is 40.1 Å². The molecule has 1 aliphatic carbocycles. The normalized spacial score (nSPS) is 14.9. The molecule has 1 N–H and O–H groups in total. The first kappa shape index (κ1) is 24.6. The second kappa shape index (κ2) is 10.7. The van der Waals surface area contributed by atoms with Gasteiger partial charge in [0.25, 0.3) is 0 Å². The zero-order valence-corrected chi connectivity index (χ0v) is 20.3. The minimum atomic E-state index is -3.98. The zero-order chi connectivity index (χ0) is 23.3. The van der Waals surface area contributed by atoms with Crippen molar-refractivity contribution in [3.05, 3.63) is 46.4 Å². The van der Waals surface area contributed by atoms with Crippen molar-refractivity contribution < 1.29 is 22.7 Å². The Morgan fingerprint density at radius 1 is 1.00 bits per heavy atom. The SMILES string of the molecule is COc1ccc(S(=O)(=O)N(CC(=O)Nc2cc(Cl)cc(Cl)c2)C2CCCCC2)cc1OC. The van der Waals surface area contributed by atoms with Gasteiger partial charge in [0.1, 0.15) is 0 Å². The van der Waals surface area contributed by atoms with Crippen molar-refractivity contribution in [2.45, 2.75) is 43.0 Å². The van der Waals surface area contributed by atoms with Gasteiger partial charge in [-0.3, -0.25) is 4.79 Å². The fourth-order valence-corrected chi connectivity index (χ4v) is 6.04. The van der Waals surface area contributed by atoms with Crippen molar-refractivity contribution >= 4 is 44.8 Å². The molecule has 0 heterocycles. The van der Waals surface area contributed by atoms with Gasteiger partial charge >= 0.3 is 0 Å². The van der Waals surface area contributed by atoms with Crippen molar-refractivity contribution in [3.8, 4) is 11.5 Å². The van der Waals surface area contributed by atoms with Crippen LogP contribution in [0.4, 0.5) is 5.69 Å². The number of hydrogen-bond acceptors (Lipinski definition) is 5. The number of halogens is 2. The van der Waals surface area contributed by atoms with Crippen LogP contribution in [0.25, 0.3) is 0 Å². The molecule has 0 unspecified atom stereocenters. The summed E-state index contributed by atoms with van der Waals surface area (Å²) in [6.45, 7) is -0.328. The lowest BCUT2D eigenvalue weighted by Crippen LogP contribution is -2.45. The number of rotatable bonds is 8. The maximum absolute atomic E-state index is 13.6. The van der Waals surface area contributed by atoms with Gasteiger partial charge in [-0.1, -0.05) is 42.5 Å². The number of anilines is 1. The Bertz CT molecular complexity index is 1050. The van der Waals surface area contributed by atoms with Crippen LogP contribution >= 0.6 is 23.2 Å². The van der Waals surface area contributed by atoms with Crippen molar-refractivity contribution in [2.75, 3.05) is 26.1 Å². The Balaban J connectivity index is 1.90. The molecule has 3 rings (SSSR count). The van der Waals surface area contributed by atoms with Crippen molar-refractivity contribution in [1.29, 1.82) is 0 Å². The third-order valence-corrected chi connectivity index (χ3v) is 7.72. The van der Waals surface area contributed by atoms with E-state index in [4.69, 9.17) is 32.7 Å². The Morgan fingerprint density at radius 2 is 1.62 bits per heavy atom. The highest BCUT2D eigenvalue weighted by Crippen LogP contribution is 2.33. The predicted molar refractivity (Wildman–Crippen MR) is 125 cm³/mol. The van der Waals surface area contributed by atoms with Gasteiger partial charge in [0.2, 0.25) is 15.9 Å². The second-order valence-corrected chi connectivity index (χ2v) is 10.3. The molecular formula is C22H26Cl2N2O5S. The maximum Gasteiger partial charge on any atom is 0.243 e. The summed E-state index contributed by atoms with van der Waals surface area (Å²) in [6.07, 6.45) is 4.27. The number of nitrogens with zero attached hydrogens (tertiary/aromatic N) is 1. The third-order valence-electron chi connectivity index (χ3n) is 5.39. The van der Waals surface area contributed by atoms with Crippen LogP contribution < -0.4 is 14.8 Å². The molecule has 0 aromatic heterocycles. The van der Waals surface area contributed by atoms with Gasteiger partial charge in [0, 0.05) is 27.8 Å². The van der Waals surface area contributed by atoms with Crippen LogP contribution in [0.3, 0.4) is 0 Å². The van der Waals surface area contributed by atoms with Gasteiger partial charge in [0.05, 0.1) is 25.7 Å². The van der Waals surface area contributed by atoms with Crippen LogP contribution in [0.5, 0.6) is 11.5 Å². The molecule has 1 saturated carbocycles. The average molecular weight is 501 g/mol. The molecule has 0 saturated heterocycles. The fourth-order valence-electron chi connectivity index (χ4n) is 3.86. The number of carbonyl (C=O) groups is 1. The predicted octanol–water partition coefficient (Wildman–Crippen LogP) is 4.97. The topological polar surface area (TPSA) is 84.9 Å². The molecule has 32 heavy (non-hydrogen) atoms. The largest absolute Gasteiger partial charge is 0.493 e. The van der Waals surface area contributed by atoms with Gasteiger partial charge < -0.3 is 14.8 Å². The summed E-state index contributed by atoms with van der Waals surface area (Å²) in [6, 6.07) is 8.81. The summed E-state index contributed by atoms with van der Waals surface area (Å²) in [4.78, 5) is 12.9. The Morgan fingerprint density at radius 3 is 2.22 bits per heavy atom. The summed E-state index contributed by atoms with van der Waals surface area (Å²) in [7, 11) is -1.06. The monoisotopic (exact) mass is 500 g/mol. The molecule has 2 aromatic rings. The lowest BCUT2D eigenvalue weighted by molar-refractivity contribution is -0.116. The molecule has 1 fully saturated rings. The molecule has 174 valence electrons. The van der Waals surface area contributed by atoms with E-state index in [2.05, 4.69) is 5.32 Å². The smallest absolute Gasteiger partial charge is 0.243 e. The highest BCUT2D eigenvalue weighted by molar-refractivity contribution is 7.89. The van der Waals surface area contributed by atoms with Crippen molar-refractivity contribution in [2.24, 2.45) is 0 Å². The Hall–Kier alpha value is -2.00. The lowest BCUT2D eigenvalue weighted by Gasteiger charge is -2.33. The fraction of sp³-hybridized carbons (Fsp3) is 0.409. The highest BCUT2D eigenvalue weighted by atomic mass is 35.5. The molecule has 0 bridgehead atoms. The van der Waals surface area contributed by atoms with Crippen LogP contribution in [0.1, 0.15) is 32.1 Å². The molecule has 0 radical (unpaired) electrons. The maximum atomic E-state index is 13.6. The summed E-state index contributed by atoms with van der Waals surface area (Å²) < 4.78 is 39.0. The minimum absolute atomic E-state index is 0.0410. The van der Waals surface area contributed by atoms with Crippen LogP contribution in [-0.4, -0.2) is 45.4 Å². The van der Waals surface area contributed by atoms with Gasteiger partial charge in [-0.2, -0.15) is 4.31 Å². The second-order valence-electron chi connectivity index (χ2n) is 7.57. The number of methoxy groups -OCH3 is 2. The average Bonchev–Trinajstić information content (AvgIpc) is 2.76. The van der Waals surface area contributed by atoms with Crippen molar-refractivity contribution in [3.63, 3.8) is 0 Å².